The van der Waals surface area contributed by atoms with Gasteiger partial charge < -0.3 is 10.1 Å². The van der Waals surface area contributed by atoms with Crippen LogP contribution in [-0.2, 0) is 11.3 Å². The third-order valence-corrected chi connectivity index (χ3v) is 2.76. The SMILES string of the molecule is Cc1ccc(CNC(=O)COc2ccc(Cl)cc2)nn1. The molecule has 1 aromatic heterocycles. The van der Waals surface area contributed by atoms with Gasteiger partial charge in [0.1, 0.15) is 5.75 Å². The van der Waals surface area contributed by atoms with Crippen molar-refractivity contribution in [1.82, 2.24) is 15.5 Å². The molecule has 2 aromatic rings. The van der Waals surface area contributed by atoms with Crippen LogP contribution in [0.3, 0.4) is 0 Å². The van der Waals surface area contributed by atoms with Crippen molar-refractivity contribution in [2.45, 2.75) is 13.5 Å². The number of nitrogens with one attached hydrogen (secondary N) is 1. The first kappa shape index (κ1) is 14.3. The van der Waals surface area contributed by atoms with Crippen LogP contribution in [0.2, 0.25) is 5.02 Å². The molecule has 0 spiro atoms. The van der Waals surface area contributed by atoms with E-state index in [1.807, 2.05) is 19.1 Å². The summed E-state index contributed by atoms with van der Waals surface area (Å²) >= 11 is 5.76. The number of carbonyl (C=O) groups is 1. The predicted octanol–water partition coefficient (Wildman–Crippen LogP) is 2.13. The quantitative estimate of drug-likeness (QED) is 0.916. The number of aryl methyl sites for hydroxylation is 1. The van der Waals surface area contributed by atoms with Crippen LogP contribution in [0.15, 0.2) is 36.4 Å². The Morgan fingerprint density at radius 3 is 2.60 bits per heavy atom. The molecular weight excluding hydrogens is 278 g/mol. The molecule has 1 heterocycles. The fraction of sp³-hybridized carbons (Fsp3) is 0.214. The number of ether oxygens (including phenoxy) is 1. The molecule has 0 atom stereocenters. The van der Waals surface area contributed by atoms with Crippen LogP contribution in [0.4, 0.5) is 0 Å². The summed E-state index contributed by atoms with van der Waals surface area (Å²) in [6, 6.07) is 10.5. The van der Waals surface area contributed by atoms with Crippen molar-refractivity contribution in [3.63, 3.8) is 0 Å². The minimum absolute atomic E-state index is 0.0546. The summed E-state index contributed by atoms with van der Waals surface area (Å²) in [6.45, 7) is 2.13. The molecule has 1 N–H and O–H groups in total. The molecule has 0 bridgehead atoms. The summed E-state index contributed by atoms with van der Waals surface area (Å²) in [7, 11) is 0. The van der Waals surface area contributed by atoms with E-state index in [1.165, 1.54) is 0 Å². The van der Waals surface area contributed by atoms with Gasteiger partial charge in [0.15, 0.2) is 6.61 Å². The smallest absolute Gasteiger partial charge is 0.258 e. The zero-order valence-electron chi connectivity index (χ0n) is 11.0. The average Bonchev–Trinajstić information content (AvgIpc) is 2.46. The Hall–Kier alpha value is -2.14. The van der Waals surface area contributed by atoms with Gasteiger partial charge in [-0.1, -0.05) is 11.6 Å². The Balaban J connectivity index is 1.75. The van der Waals surface area contributed by atoms with Gasteiger partial charge in [-0.25, -0.2) is 0 Å². The van der Waals surface area contributed by atoms with Crippen LogP contribution in [-0.4, -0.2) is 22.7 Å². The number of hydrogen-bond acceptors (Lipinski definition) is 4. The van der Waals surface area contributed by atoms with Crippen LogP contribution >= 0.6 is 11.6 Å². The normalized spacial score (nSPS) is 10.1. The van der Waals surface area contributed by atoms with Crippen LogP contribution in [0.25, 0.3) is 0 Å². The van der Waals surface area contributed by atoms with Crippen molar-refractivity contribution in [1.29, 1.82) is 0 Å². The Morgan fingerprint density at radius 1 is 1.20 bits per heavy atom. The van der Waals surface area contributed by atoms with E-state index >= 15 is 0 Å². The molecular formula is C14H14ClN3O2. The Kier molecular flexibility index (Phi) is 4.90. The van der Waals surface area contributed by atoms with Gasteiger partial charge in [-0.3, -0.25) is 4.79 Å². The highest BCUT2D eigenvalue weighted by Crippen LogP contribution is 2.15. The van der Waals surface area contributed by atoms with E-state index < -0.39 is 0 Å². The van der Waals surface area contributed by atoms with Crippen LogP contribution < -0.4 is 10.1 Å². The van der Waals surface area contributed by atoms with E-state index in [-0.39, 0.29) is 12.5 Å². The van der Waals surface area contributed by atoms with E-state index in [4.69, 9.17) is 16.3 Å². The van der Waals surface area contributed by atoms with Gasteiger partial charge in [0.05, 0.1) is 17.9 Å². The monoisotopic (exact) mass is 291 g/mol. The van der Waals surface area contributed by atoms with E-state index in [0.717, 1.165) is 5.69 Å². The molecule has 0 fully saturated rings. The average molecular weight is 292 g/mol. The minimum Gasteiger partial charge on any atom is -0.484 e. The molecule has 6 heteroatoms. The number of carbonyl (C=O) groups excluding carboxylic acids is 1. The first-order chi connectivity index (χ1) is 9.63. The molecule has 0 saturated heterocycles. The molecule has 1 amide bonds. The van der Waals surface area contributed by atoms with Gasteiger partial charge in [0.25, 0.3) is 5.91 Å². The summed E-state index contributed by atoms with van der Waals surface area (Å²) in [5.41, 5.74) is 1.54. The maximum Gasteiger partial charge on any atom is 0.258 e. The summed E-state index contributed by atoms with van der Waals surface area (Å²) in [5.74, 6) is 0.377. The molecule has 0 aliphatic carbocycles. The zero-order chi connectivity index (χ0) is 14.4. The van der Waals surface area contributed by atoms with Crippen molar-refractivity contribution in [2.24, 2.45) is 0 Å². The van der Waals surface area contributed by atoms with Crippen molar-refractivity contribution in [3.05, 3.63) is 52.8 Å². The van der Waals surface area contributed by atoms with Crippen LogP contribution in [0.1, 0.15) is 11.4 Å². The molecule has 5 nitrogen and oxygen atoms in total. The number of amides is 1. The standard InChI is InChI=1S/C14H14ClN3O2/c1-10-2-5-12(18-17-10)8-16-14(19)9-20-13-6-3-11(15)4-7-13/h2-7H,8-9H2,1H3,(H,16,19). The molecule has 104 valence electrons. The van der Waals surface area contributed by atoms with E-state index in [1.54, 1.807) is 24.3 Å². The fourth-order valence-electron chi connectivity index (χ4n) is 1.44. The van der Waals surface area contributed by atoms with Gasteiger partial charge in [0.2, 0.25) is 0 Å². The Morgan fingerprint density at radius 2 is 1.95 bits per heavy atom. The molecule has 20 heavy (non-hydrogen) atoms. The topological polar surface area (TPSA) is 64.1 Å². The second kappa shape index (κ2) is 6.86. The molecule has 1 aromatic carbocycles. The maximum atomic E-state index is 11.6. The molecule has 0 radical (unpaired) electrons. The van der Waals surface area contributed by atoms with E-state index in [9.17, 15) is 4.79 Å². The number of benzene rings is 1. The van der Waals surface area contributed by atoms with Crippen molar-refractivity contribution in [3.8, 4) is 5.75 Å². The molecule has 0 aliphatic heterocycles. The second-order valence-electron chi connectivity index (χ2n) is 4.19. The molecule has 0 aliphatic rings. The largest absolute Gasteiger partial charge is 0.484 e. The summed E-state index contributed by atoms with van der Waals surface area (Å²) < 4.78 is 5.32. The lowest BCUT2D eigenvalue weighted by Gasteiger charge is -2.07. The lowest BCUT2D eigenvalue weighted by Crippen LogP contribution is -2.28. The third-order valence-electron chi connectivity index (χ3n) is 2.50. The molecule has 2 rings (SSSR count). The van der Waals surface area contributed by atoms with Crippen molar-refractivity contribution in [2.75, 3.05) is 6.61 Å². The minimum atomic E-state index is -0.220. The lowest BCUT2D eigenvalue weighted by molar-refractivity contribution is -0.123. The number of rotatable bonds is 5. The summed E-state index contributed by atoms with van der Waals surface area (Å²) in [5, 5.41) is 11.2. The molecule has 0 unspecified atom stereocenters. The van der Waals surface area contributed by atoms with Gasteiger partial charge in [-0.05, 0) is 43.3 Å². The van der Waals surface area contributed by atoms with Gasteiger partial charge in [-0.15, -0.1) is 0 Å². The van der Waals surface area contributed by atoms with E-state index in [2.05, 4.69) is 15.5 Å². The Bertz CT molecular complexity index is 518. The summed E-state index contributed by atoms with van der Waals surface area (Å²) in [4.78, 5) is 11.6. The highest BCUT2D eigenvalue weighted by Gasteiger charge is 2.03. The van der Waals surface area contributed by atoms with Crippen molar-refractivity contribution >= 4 is 17.5 Å². The second-order valence-corrected chi connectivity index (χ2v) is 4.62. The van der Waals surface area contributed by atoms with Gasteiger partial charge >= 0.3 is 0 Å². The van der Waals surface area contributed by atoms with Crippen LogP contribution in [0.5, 0.6) is 5.75 Å². The summed E-state index contributed by atoms with van der Waals surface area (Å²) in [6.07, 6.45) is 0. The zero-order valence-corrected chi connectivity index (χ0v) is 11.7. The number of aromatic nitrogens is 2. The highest BCUT2D eigenvalue weighted by atomic mass is 35.5. The first-order valence-corrected chi connectivity index (χ1v) is 6.45. The predicted molar refractivity (Wildman–Crippen MR) is 75.6 cm³/mol. The maximum absolute atomic E-state index is 11.6. The third kappa shape index (κ3) is 4.51. The van der Waals surface area contributed by atoms with Gasteiger partial charge in [0, 0.05) is 5.02 Å². The lowest BCUT2D eigenvalue weighted by atomic mass is 10.3. The first-order valence-electron chi connectivity index (χ1n) is 6.08. The van der Waals surface area contributed by atoms with Crippen molar-refractivity contribution < 1.29 is 9.53 Å². The van der Waals surface area contributed by atoms with Gasteiger partial charge in [-0.2, -0.15) is 10.2 Å². The van der Waals surface area contributed by atoms with E-state index in [0.29, 0.717) is 23.0 Å². The Labute approximate surface area is 121 Å². The number of nitrogens with zero attached hydrogens (tertiary/aromatic N) is 2. The number of hydrogen-bond donors (Lipinski definition) is 1. The van der Waals surface area contributed by atoms with Crippen LogP contribution in [0, 0.1) is 6.92 Å². The number of halogens is 1. The fourth-order valence-corrected chi connectivity index (χ4v) is 1.57. The highest BCUT2D eigenvalue weighted by molar-refractivity contribution is 6.30. The molecule has 0 saturated carbocycles.